The van der Waals surface area contributed by atoms with Crippen LogP contribution in [0.1, 0.15) is 43.0 Å². The molecule has 0 aromatic heterocycles. The maximum Gasteiger partial charge on any atom is 0.334 e. The Bertz CT molecular complexity index is 568. The molecule has 0 N–H and O–H groups in total. The van der Waals surface area contributed by atoms with Crippen molar-refractivity contribution >= 4 is 11.7 Å². The molecule has 1 aliphatic rings. The molecule has 0 aliphatic carbocycles. The lowest BCUT2D eigenvalue weighted by atomic mass is 9.86. The zero-order valence-corrected chi connectivity index (χ0v) is 12.9. The third-order valence-corrected chi connectivity index (χ3v) is 3.35. The van der Waals surface area contributed by atoms with Gasteiger partial charge in [-0.05, 0) is 45.7 Å². The molecule has 0 spiro atoms. The average molecular weight is 274 g/mol. The summed E-state index contributed by atoms with van der Waals surface area (Å²) >= 11 is 0. The van der Waals surface area contributed by atoms with E-state index < -0.39 is 0 Å². The Balaban J connectivity index is 2.52. The number of carbonyl (C=O) groups excluding carboxylic acids is 1. The van der Waals surface area contributed by atoms with E-state index in [0.717, 1.165) is 17.5 Å². The van der Waals surface area contributed by atoms with Gasteiger partial charge in [-0.3, -0.25) is 0 Å². The molecular formula is C17H22O3. The Labute approximate surface area is 120 Å². The van der Waals surface area contributed by atoms with Crippen LogP contribution in [0.4, 0.5) is 0 Å². The van der Waals surface area contributed by atoms with Crippen LogP contribution in [0.25, 0.3) is 5.76 Å². The van der Waals surface area contributed by atoms with Crippen LogP contribution < -0.4 is 0 Å². The molecule has 0 amide bonds. The molecule has 0 bridgehead atoms. The summed E-state index contributed by atoms with van der Waals surface area (Å²) in [5.74, 6) is 0.262. The number of benzene rings is 1. The number of rotatable bonds is 2. The fraction of sp³-hybridized carbons (Fsp3) is 0.471. The van der Waals surface area contributed by atoms with Crippen LogP contribution >= 0.6 is 0 Å². The topological polar surface area (TPSA) is 35.5 Å². The minimum absolute atomic E-state index is 0.314. The van der Waals surface area contributed by atoms with Gasteiger partial charge in [-0.15, -0.1) is 0 Å². The summed E-state index contributed by atoms with van der Waals surface area (Å²) in [7, 11) is 0. The molecule has 20 heavy (non-hydrogen) atoms. The van der Waals surface area contributed by atoms with E-state index in [4.69, 9.17) is 9.47 Å². The van der Waals surface area contributed by atoms with Gasteiger partial charge in [0.25, 0.3) is 0 Å². The molecule has 0 atom stereocenters. The van der Waals surface area contributed by atoms with Crippen molar-refractivity contribution in [2.75, 3.05) is 6.61 Å². The summed E-state index contributed by atoms with van der Waals surface area (Å²) in [6.45, 7) is 10.4. The van der Waals surface area contributed by atoms with Gasteiger partial charge in [0, 0.05) is 12.0 Å². The molecule has 1 aliphatic heterocycles. The predicted molar refractivity (Wildman–Crippen MR) is 79.4 cm³/mol. The first-order valence-electron chi connectivity index (χ1n) is 7.00. The van der Waals surface area contributed by atoms with Crippen molar-refractivity contribution in [1.82, 2.24) is 0 Å². The van der Waals surface area contributed by atoms with Gasteiger partial charge in [-0.25, -0.2) is 4.79 Å². The highest BCUT2D eigenvalue weighted by atomic mass is 16.5. The fourth-order valence-corrected chi connectivity index (χ4v) is 2.78. The minimum Gasteiger partial charge on any atom is -0.487 e. The Morgan fingerprint density at radius 2 is 2.10 bits per heavy atom. The van der Waals surface area contributed by atoms with Gasteiger partial charge >= 0.3 is 5.97 Å². The summed E-state index contributed by atoms with van der Waals surface area (Å²) in [6, 6.07) is 4.28. The largest absolute Gasteiger partial charge is 0.487 e. The third-order valence-electron chi connectivity index (χ3n) is 3.35. The molecule has 3 heteroatoms. The van der Waals surface area contributed by atoms with Crippen LogP contribution in [0.5, 0.6) is 0 Å². The van der Waals surface area contributed by atoms with Crippen molar-refractivity contribution in [2.45, 2.75) is 46.6 Å². The number of hydrogen-bond acceptors (Lipinski definition) is 3. The van der Waals surface area contributed by atoms with Crippen LogP contribution in [0.3, 0.4) is 0 Å². The summed E-state index contributed by atoms with van der Waals surface area (Å²) in [6.07, 6.45) is 2.30. The molecule has 0 radical (unpaired) electrons. The molecule has 0 fully saturated rings. The van der Waals surface area contributed by atoms with Crippen LogP contribution in [0, 0.1) is 13.8 Å². The number of ether oxygens (including phenoxy) is 2. The van der Waals surface area contributed by atoms with Gasteiger partial charge in [0.05, 0.1) is 12.7 Å². The molecule has 0 unspecified atom stereocenters. The van der Waals surface area contributed by atoms with Gasteiger partial charge in [0.15, 0.2) is 0 Å². The highest BCUT2D eigenvalue weighted by molar-refractivity contribution is 5.91. The van der Waals surface area contributed by atoms with Gasteiger partial charge in [0.1, 0.15) is 11.4 Å². The van der Waals surface area contributed by atoms with Crippen LogP contribution in [0.15, 0.2) is 18.2 Å². The molecule has 0 saturated heterocycles. The first-order valence-corrected chi connectivity index (χ1v) is 7.00. The SMILES string of the molecule is CCOC(=O)/C=C1\OC(C)(C)Cc2cc(C)cc(C)c21. The van der Waals surface area contributed by atoms with Crippen LogP contribution in [0.2, 0.25) is 0 Å². The van der Waals surface area contributed by atoms with E-state index in [-0.39, 0.29) is 11.6 Å². The summed E-state index contributed by atoms with van der Waals surface area (Å²) in [4.78, 5) is 11.7. The Kier molecular flexibility index (Phi) is 3.89. The number of aryl methyl sites for hydroxylation is 2. The highest BCUT2D eigenvalue weighted by Gasteiger charge is 2.31. The van der Waals surface area contributed by atoms with Crippen molar-refractivity contribution in [3.8, 4) is 0 Å². The Hall–Kier alpha value is -1.77. The van der Waals surface area contributed by atoms with Crippen molar-refractivity contribution in [1.29, 1.82) is 0 Å². The Morgan fingerprint density at radius 1 is 1.40 bits per heavy atom. The first kappa shape index (κ1) is 14.6. The quantitative estimate of drug-likeness (QED) is 0.611. The first-order chi connectivity index (χ1) is 9.32. The fourth-order valence-electron chi connectivity index (χ4n) is 2.78. The molecule has 108 valence electrons. The second-order valence-electron chi connectivity index (χ2n) is 5.92. The number of hydrogen-bond donors (Lipinski definition) is 0. The van der Waals surface area contributed by atoms with E-state index in [9.17, 15) is 4.79 Å². The van der Waals surface area contributed by atoms with E-state index in [1.54, 1.807) is 6.92 Å². The van der Waals surface area contributed by atoms with E-state index in [0.29, 0.717) is 12.4 Å². The van der Waals surface area contributed by atoms with Gasteiger partial charge in [0.2, 0.25) is 0 Å². The van der Waals surface area contributed by atoms with Crippen molar-refractivity contribution in [3.63, 3.8) is 0 Å². The zero-order valence-electron chi connectivity index (χ0n) is 12.9. The number of esters is 1. The predicted octanol–water partition coefficient (Wildman–Crippen LogP) is 3.56. The average Bonchev–Trinajstić information content (AvgIpc) is 2.25. The Morgan fingerprint density at radius 3 is 2.75 bits per heavy atom. The summed E-state index contributed by atoms with van der Waals surface area (Å²) in [5.41, 5.74) is 4.31. The van der Waals surface area contributed by atoms with E-state index in [2.05, 4.69) is 19.1 Å². The summed E-state index contributed by atoms with van der Waals surface area (Å²) < 4.78 is 11.0. The molecule has 1 aromatic carbocycles. The lowest BCUT2D eigenvalue weighted by Gasteiger charge is -2.35. The second kappa shape index (κ2) is 5.31. The zero-order chi connectivity index (χ0) is 14.9. The van der Waals surface area contributed by atoms with E-state index in [1.807, 2.05) is 20.8 Å². The van der Waals surface area contributed by atoms with Crippen molar-refractivity contribution < 1.29 is 14.3 Å². The molecule has 3 nitrogen and oxygen atoms in total. The van der Waals surface area contributed by atoms with Gasteiger partial charge in [-0.1, -0.05) is 17.7 Å². The molecule has 2 rings (SSSR count). The van der Waals surface area contributed by atoms with Gasteiger partial charge in [-0.2, -0.15) is 0 Å². The third kappa shape index (κ3) is 3.03. The minimum atomic E-state index is -0.355. The smallest absolute Gasteiger partial charge is 0.334 e. The summed E-state index contributed by atoms with van der Waals surface area (Å²) in [5, 5.41) is 0. The van der Waals surface area contributed by atoms with Gasteiger partial charge < -0.3 is 9.47 Å². The van der Waals surface area contributed by atoms with Crippen LogP contribution in [-0.2, 0) is 20.7 Å². The number of fused-ring (bicyclic) bond motifs is 1. The normalized spacial score (nSPS) is 18.4. The standard InChI is InChI=1S/C17H22O3/c1-6-19-15(18)9-14-16-12(3)7-11(2)8-13(16)10-17(4,5)20-14/h7-9H,6,10H2,1-5H3/b14-9-. The lowest BCUT2D eigenvalue weighted by Crippen LogP contribution is -2.32. The second-order valence-corrected chi connectivity index (χ2v) is 5.92. The maximum absolute atomic E-state index is 11.7. The van der Waals surface area contributed by atoms with Crippen molar-refractivity contribution in [3.05, 3.63) is 40.5 Å². The van der Waals surface area contributed by atoms with E-state index >= 15 is 0 Å². The highest BCUT2D eigenvalue weighted by Crippen LogP contribution is 2.37. The monoisotopic (exact) mass is 274 g/mol. The molecule has 1 heterocycles. The van der Waals surface area contributed by atoms with Crippen LogP contribution in [-0.4, -0.2) is 18.2 Å². The molecule has 0 saturated carbocycles. The maximum atomic E-state index is 11.7. The molecule has 1 aromatic rings. The molecular weight excluding hydrogens is 252 g/mol. The van der Waals surface area contributed by atoms with Crippen molar-refractivity contribution in [2.24, 2.45) is 0 Å². The lowest BCUT2D eigenvalue weighted by molar-refractivity contribution is -0.137. The number of carbonyl (C=O) groups is 1. The van der Waals surface area contributed by atoms with E-state index in [1.165, 1.54) is 17.2 Å².